The van der Waals surface area contributed by atoms with Crippen LogP contribution in [0, 0.1) is 6.92 Å². The highest BCUT2D eigenvalue weighted by molar-refractivity contribution is 7.86. The molecule has 5 N–H and O–H groups in total. The Labute approximate surface area is 177 Å². The molecule has 3 aromatic carbocycles. The smallest absolute Gasteiger partial charge is 0.294 e. The number of azo groups is 1. The van der Waals surface area contributed by atoms with Crippen molar-refractivity contribution in [3.8, 4) is 11.5 Å². The van der Waals surface area contributed by atoms with Crippen molar-refractivity contribution in [2.75, 3.05) is 12.8 Å². The lowest BCUT2D eigenvalue weighted by Crippen LogP contribution is -2.00. The Hall–Kier alpha value is -3.26. The normalized spacial score (nSPS) is 12.5. The quantitative estimate of drug-likeness (QED) is 0.248. The minimum Gasteiger partial charge on any atom is -0.507 e. The van der Waals surface area contributed by atoms with Gasteiger partial charge in [0, 0.05) is 6.07 Å². The number of nitrogens with two attached hydrogens (primary N) is 1. The number of nitrogen functional groups attached to an aromatic ring is 1. The summed E-state index contributed by atoms with van der Waals surface area (Å²) in [5.41, 5.74) is 6.90. The lowest BCUT2D eigenvalue weighted by atomic mass is 10.1. The molecule has 0 amide bonds. The summed E-state index contributed by atoms with van der Waals surface area (Å²) >= 11 is 0. The molecule has 0 aliphatic rings. The fraction of sp³-hybridized carbons (Fsp3) is 0.111. The zero-order chi connectivity index (χ0) is 23.1. The van der Waals surface area contributed by atoms with E-state index < -0.39 is 35.8 Å². The lowest BCUT2D eigenvalue weighted by molar-refractivity contribution is 0.416. The Kier molecular flexibility index (Phi) is 5.62. The molecular formula is C18H17N3O8S2. The third-order valence-electron chi connectivity index (χ3n) is 4.36. The van der Waals surface area contributed by atoms with E-state index in [1.807, 2.05) is 0 Å². The largest absolute Gasteiger partial charge is 0.507 e. The Morgan fingerprint density at radius 1 is 0.871 bits per heavy atom. The molecular weight excluding hydrogens is 450 g/mol. The van der Waals surface area contributed by atoms with E-state index >= 15 is 0 Å². The summed E-state index contributed by atoms with van der Waals surface area (Å²) in [6.07, 6.45) is 0. The van der Waals surface area contributed by atoms with Crippen LogP contribution >= 0.6 is 0 Å². The van der Waals surface area contributed by atoms with Crippen LogP contribution in [0.4, 0.5) is 17.1 Å². The standard InChI is InChI=1S/C18H17N3O8S2/c1-9-3-17(29-2)13(19)8-14(9)20-21-15-6-11(30(23,24)25)4-10-5-12(31(26,27)28)7-16(22)18(10)15/h3-8,22H,19H2,1-2H3,(H,23,24,25)(H,26,27,28). The first-order valence-corrected chi connectivity index (χ1v) is 11.3. The summed E-state index contributed by atoms with van der Waals surface area (Å²) in [6, 6.07) is 6.68. The van der Waals surface area contributed by atoms with Gasteiger partial charge in [0.2, 0.25) is 0 Å². The van der Waals surface area contributed by atoms with Crippen molar-refractivity contribution in [1.29, 1.82) is 0 Å². The molecule has 0 fully saturated rings. The molecule has 0 aromatic heterocycles. The molecule has 0 aliphatic heterocycles. The van der Waals surface area contributed by atoms with Gasteiger partial charge in [0.25, 0.3) is 20.2 Å². The zero-order valence-corrected chi connectivity index (χ0v) is 17.8. The van der Waals surface area contributed by atoms with Crippen molar-refractivity contribution < 1.29 is 35.8 Å². The average molecular weight is 467 g/mol. The summed E-state index contributed by atoms with van der Waals surface area (Å²) in [6.45, 7) is 1.71. The van der Waals surface area contributed by atoms with Gasteiger partial charge < -0.3 is 15.6 Å². The third kappa shape index (κ3) is 4.59. The van der Waals surface area contributed by atoms with E-state index in [0.29, 0.717) is 17.0 Å². The number of phenolic OH excluding ortho intramolecular Hbond substituents is 1. The molecule has 31 heavy (non-hydrogen) atoms. The molecule has 0 aliphatic carbocycles. The van der Waals surface area contributed by atoms with E-state index in [0.717, 1.165) is 24.3 Å². The van der Waals surface area contributed by atoms with Gasteiger partial charge in [-0.3, -0.25) is 9.11 Å². The SMILES string of the molecule is COc1cc(C)c(N=Nc2cc(S(=O)(=O)O)cc3cc(S(=O)(=O)O)cc(O)c23)cc1N. The molecule has 0 radical (unpaired) electrons. The van der Waals surface area contributed by atoms with Crippen LogP contribution in [0.15, 0.2) is 56.4 Å². The van der Waals surface area contributed by atoms with Crippen LogP contribution in [-0.2, 0) is 20.2 Å². The van der Waals surface area contributed by atoms with E-state index in [-0.39, 0.29) is 22.1 Å². The second kappa shape index (κ2) is 7.77. The number of phenols is 1. The van der Waals surface area contributed by atoms with Crippen LogP contribution < -0.4 is 10.5 Å². The van der Waals surface area contributed by atoms with Crippen LogP contribution in [0.25, 0.3) is 10.8 Å². The topological polar surface area (TPSA) is 189 Å². The Balaban J connectivity index is 2.28. The maximum atomic E-state index is 11.7. The summed E-state index contributed by atoms with van der Waals surface area (Å²) in [4.78, 5) is -1.29. The van der Waals surface area contributed by atoms with E-state index in [9.17, 15) is 31.0 Å². The molecule has 0 saturated heterocycles. The second-order valence-electron chi connectivity index (χ2n) is 6.51. The highest BCUT2D eigenvalue weighted by atomic mass is 32.2. The molecule has 13 heteroatoms. The minimum atomic E-state index is -4.72. The summed E-state index contributed by atoms with van der Waals surface area (Å²) < 4.78 is 70.0. The maximum absolute atomic E-state index is 11.7. The summed E-state index contributed by atoms with van der Waals surface area (Å²) in [5.74, 6) is -0.183. The van der Waals surface area contributed by atoms with Crippen LogP contribution in [0.3, 0.4) is 0 Å². The number of ether oxygens (including phenoxy) is 1. The maximum Gasteiger partial charge on any atom is 0.294 e. The number of anilines is 1. The number of aryl methyl sites for hydroxylation is 1. The number of hydrogen-bond donors (Lipinski definition) is 4. The number of rotatable bonds is 5. The van der Waals surface area contributed by atoms with Gasteiger partial charge in [-0.2, -0.15) is 21.9 Å². The number of benzene rings is 3. The van der Waals surface area contributed by atoms with Gasteiger partial charge in [-0.25, -0.2) is 0 Å². The van der Waals surface area contributed by atoms with E-state index in [4.69, 9.17) is 10.5 Å². The molecule has 0 heterocycles. The predicted molar refractivity (Wildman–Crippen MR) is 112 cm³/mol. The van der Waals surface area contributed by atoms with Crippen LogP contribution in [0.1, 0.15) is 5.56 Å². The third-order valence-corrected chi connectivity index (χ3v) is 6.03. The van der Waals surface area contributed by atoms with Gasteiger partial charge in [0.05, 0.1) is 39.3 Å². The van der Waals surface area contributed by atoms with Crippen molar-refractivity contribution in [3.05, 3.63) is 42.0 Å². The molecule has 3 rings (SSSR count). The monoisotopic (exact) mass is 467 g/mol. The van der Waals surface area contributed by atoms with Crippen molar-refractivity contribution in [3.63, 3.8) is 0 Å². The van der Waals surface area contributed by atoms with Crippen LogP contribution in [0.5, 0.6) is 11.5 Å². The van der Waals surface area contributed by atoms with Gasteiger partial charge in [0.15, 0.2) is 0 Å². The van der Waals surface area contributed by atoms with Crippen molar-refractivity contribution >= 4 is 48.1 Å². The van der Waals surface area contributed by atoms with E-state index in [1.54, 1.807) is 13.0 Å². The minimum absolute atomic E-state index is 0.0531. The van der Waals surface area contributed by atoms with Gasteiger partial charge in [-0.1, -0.05) is 0 Å². The molecule has 0 saturated carbocycles. The molecule has 0 unspecified atom stereocenters. The highest BCUT2D eigenvalue weighted by Crippen LogP contribution is 2.39. The summed E-state index contributed by atoms with van der Waals surface area (Å²) in [5, 5.41) is 18.2. The average Bonchev–Trinajstić information content (AvgIpc) is 2.66. The van der Waals surface area contributed by atoms with Crippen LogP contribution in [0.2, 0.25) is 0 Å². The number of fused-ring (bicyclic) bond motifs is 1. The Morgan fingerprint density at radius 2 is 1.42 bits per heavy atom. The van der Waals surface area contributed by atoms with Crippen molar-refractivity contribution in [1.82, 2.24) is 0 Å². The lowest BCUT2D eigenvalue weighted by Gasteiger charge is -2.10. The van der Waals surface area contributed by atoms with Crippen molar-refractivity contribution in [2.24, 2.45) is 10.2 Å². The summed E-state index contributed by atoms with van der Waals surface area (Å²) in [7, 11) is -7.97. The van der Waals surface area contributed by atoms with Gasteiger partial charge in [-0.15, -0.1) is 5.11 Å². The number of nitrogens with zero attached hydrogens (tertiary/aromatic N) is 2. The molecule has 164 valence electrons. The van der Waals surface area contributed by atoms with Crippen molar-refractivity contribution in [2.45, 2.75) is 16.7 Å². The van der Waals surface area contributed by atoms with Crippen LogP contribution in [-0.4, -0.2) is 38.2 Å². The fourth-order valence-corrected chi connectivity index (χ4v) is 3.94. The van der Waals surface area contributed by atoms with Gasteiger partial charge in [-0.05, 0) is 48.2 Å². The molecule has 0 bridgehead atoms. The van der Waals surface area contributed by atoms with Gasteiger partial charge >= 0.3 is 0 Å². The van der Waals surface area contributed by atoms with E-state index in [1.165, 1.54) is 13.2 Å². The highest BCUT2D eigenvalue weighted by Gasteiger charge is 2.20. The first-order valence-electron chi connectivity index (χ1n) is 8.43. The second-order valence-corrected chi connectivity index (χ2v) is 9.36. The Morgan fingerprint density at radius 3 is 1.97 bits per heavy atom. The molecule has 3 aromatic rings. The molecule has 0 atom stereocenters. The number of hydrogen-bond acceptors (Lipinski definition) is 9. The number of methoxy groups -OCH3 is 1. The first kappa shape index (κ1) is 22.4. The number of aromatic hydroxyl groups is 1. The van der Waals surface area contributed by atoms with Gasteiger partial charge in [0.1, 0.15) is 11.5 Å². The first-order chi connectivity index (χ1) is 14.3. The molecule has 0 spiro atoms. The fourth-order valence-electron chi connectivity index (χ4n) is 2.87. The predicted octanol–water partition coefficient (Wildman–Crippen LogP) is 3.35. The zero-order valence-electron chi connectivity index (χ0n) is 16.1. The molecule has 11 nitrogen and oxygen atoms in total. The Bertz CT molecular complexity index is 1440. The van der Waals surface area contributed by atoms with E-state index in [2.05, 4.69) is 10.2 Å².